The average molecular weight is 259 g/mol. The monoisotopic (exact) mass is 259 g/mol. The van der Waals surface area contributed by atoms with Crippen LogP contribution in [0.25, 0.3) is 21.6 Å². The van der Waals surface area contributed by atoms with E-state index >= 15 is 0 Å². The van der Waals surface area contributed by atoms with Crippen molar-refractivity contribution in [2.75, 3.05) is 0 Å². The van der Waals surface area contributed by atoms with Gasteiger partial charge in [-0.15, -0.1) is 0 Å². The molecule has 0 atom stereocenters. The molecule has 0 aliphatic carbocycles. The van der Waals surface area contributed by atoms with E-state index in [-0.39, 0.29) is 68.7 Å². The number of rotatable bonds is 0. The molecule has 0 spiro atoms. The minimum Gasteiger partial charge on any atom is -0.724 e. The molecule has 0 saturated heterocycles. The molecule has 0 aliphatic rings. The maximum atomic E-state index is 8.24. The summed E-state index contributed by atoms with van der Waals surface area (Å²) in [5.74, 6) is 0. The summed E-state index contributed by atoms with van der Waals surface area (Å²) in [7, 11) is 0. The van der Waals surface area contributed by atoms with Gasteiger partial charge in [0.1, 0.15) is 0 Å². The van der Waals surface area contributed by atoms with Gasteiger partial charge in [0.05, 0.1) is 0 Å². The van der Waals surface area contributed by atoms with Crippen LogP contribution >= 0.6 is 0 Å². The van der Waals surface area contributed by atoms with E-state index in [2.05, 4.69) is 0 Å². The van der Waals surface area contributed by atoms with Gasteiger partial charge in [-0.3, -0.25) is 19.2 Å². The van der Waals surface area contributed by atoms with E-state index < -0.39 is 0 Å². The van der Waals surface area contributed by atoms with Crippen molar-refractivity contribution in [3.63, 3.8) is 0 Å². The van der Waals surface area contributed by atoms with E-state index in [9.17, 15) is 0 Å². The molecule has 0 aromatic carbocycles. The summed E-state index contributed by atoms with van der Waals surface area (Å²) in [6.45, 7) is 0. The first-order valence-electron chi connectivity index (χ1n) is 1.71. The summed E-state index contributed by atoms with van der Waals surface area (Å²) in [6.07, 6.45) is 2.00. The molecule has 0 aliphatic heterocycles. The first-order valence-corrected chi connectivity index (χ1v) is 1.71. The molecule has 0 aromatic heterocycles. The molecule has 14 heavy (non-hydrogen) atoms. The predicted molar refractivity (Wildman–Crippen MR) is 36.2 cm³/mol. The Balaban J connectivity index is -0.0000000145. The van der Waals surface area contributed by atoms with Crippen molar-refractivity contribution in [1.29, 1.82) is 0 Å². The van der Waals surface area contributed by atoms with E-state index in [1.54, 1.807) is 0 Å². The van der Waals surface area contributed by atoms with E-state index in [4.69, 9.17) is 40.8 Å². The maximum Gasteiger partial charge on any atom is 3.00 e. The molecule has 0 unspecified atom stereocenters. The molecule has 0 heterocycles. The minimum absolute atomic E-state index is 0. The Morgan fingerprint density at radius 1 is 0.571 bits per heavy atom. The van der Waals surface area contributed by atoms with E-state index in [0.29, 0.717) is 24.3 Å². The number of carbonyl (C=O) groups excluding carboxylic acids is 4. The largest absolute Gasteiger partial charge is 3.00 e. The van der Waals surface area contributed by atoms with Crippen LogP contribution in [0.2, 0.25) is 0 Å². The van der Waals surface area contributed by atoms with Crippen LogP contribution in [0.4, 0.5) is 0 Å². The van der Waals surface area contributed by atoms with E-state index in [0.717, 1.165) is 0 Å². The summed E-state index contributed by atoms with van der Waals surface area (Å²) in [4.78, 5) is 32.9. The third-order valence-electron chi connectivity index (χ3n) is 0. The van der Waals surface area contributed by atoms with Crippen LogP contribution in [0.5, 0.6) is 0 Å². The molecule has 0 bridgehead atoms. The van der Waals surface area contributed by atoms with Gasteiger partial charge >= 0.3 is 68.7 Å². The minimum atomic E-state index is 0. The SMILES string of the molecule is [Cr+3].[K+].[N-]=C=O.[N-]=C=O.[N-]=C=O.[N-]=C=O. The van der Waals surface area contributed by atoms with Gasteiger partial charge in [-0.2, -0.15) is 0 Å². The fourth-order valence-corrected chi connectivity index (χ4v) is 0. The predicted octanol–water partition coefficient (Wildman–Crippen LogP) is -3.43. The molecular formula is C4CrKN4O4. The quantitative estimate of drug-likeness (QED) is 0.252. The maximum absolute atomic E-state index is 8.24. The summed E-state index contributed by atoms with van der Waals surface area (Å²) in [5.41, 5.74) is 0. The molecule has 0 N–H and O–H groups in total. The Labute approximate surface area is 132 Å². The fourth-order valence-electron chi connectivity index (χ4n) is 0. The first-order chi connectivity index (χ1) is 5.66. The summed E-state index contributed by atoms with van der Waals surface area (Å²) in [5, 5.41) is 27.1. The van der Waals surface area contributed by atoms with Gasteiger partial charge in [0.25, 0.3) is 0 Å². The van der Waals surface area contributed by atoms with Gasteiger partial charge in [-0.1, -0.05) is 0 Å². The zero-order valence-corrected chi connectivity index (χ0v) is 11.2. The molecule has 0 aromatic rings. The Morgan fingerprint density at radius 2 is 0.571 bits per heavy atom. The Morgan fingerprint density at radius 3 is 0.571 bits per heavy atom. The molecular weight excluding hydrogens is 259 g/mol. The average Bonchev–Trinajstić information content (AvgIpc) is 1.92. The zero-order chi connectivity index (χ0) is 10.8. The summed E-state index contributed by atoms with van der Waals surface area (Å²) >= 11 is 0. The van der Waals surface area contributed by atoms with Crippen molar-refractivity contribution in [3.05, 3.63) is 21.6 Å². The Kier molecular flexibility index (Phi) is 339. The smallest absolute Gasteiger partial charge is 0.724 e. The summed E-state index contributed by atoms with van der Waals surface area (Å²) in [6, 6.07) is 0. The number of isocyanates is 4. The first kappa shape index (κ1) is 37.3. The fraction of sp³-hybridized carbons (Fsp3) is 0. The zero-order valence-electron chi connectivity index (χ0n) is 6.83. The van der Waals surface area contributed by atoms with Crippen LogP contribution in [0.3, 0.4) is 0 Å². The second-order valence-electron chi connectivity index (χ2n) is 0.365. The Bertz CT molecular complexity index is 161. The molecule has 8 nitrogen and oxygen atoms in total. The van der Waals surface area contributed by atoms with Gasteiger partial charge in [-0.25, -0.2) is 0 Å². The standard InChI is InChI=1S/4CNO.Cr.K/c4*2-1-3;;/q4*-1;+3;+1. The van der Waals surface area contributed by atoms with Crippen molar-refractivity contribution in [3.8, 4) is 0 Å². The second kappa shape index (κ2) is 127. The van der Waals surface area contributed by atoms with Gasteiger partial charge in [0, 0.05) is 0 Å². The van der Waals surface area contributed by atoms with Crippen LogP contribution in [-0.2, 0) is 36.5 Å². The Hall–Kier alpha value is -0.311. The second-order valence-corrected chi connectivity index (χ2v) is 0.365. The molecule has 0 rings (SSSR count). The van der Waals surface area contributed by atoms with Crippen molar-refractivity contribution in [2.24, 2.45) is 0 Å². The molecule has 67 valence electrons. The van der Waals surface area contributed by atoms with Crippen LogP contribution in [0.15, 0.2) is 0 Å². The number of hydrogen-bond donors (Lipinski definition) is 0. The van der Waals surface area contributed by atoms with E-state index in [1.165, 1.54) is 0 Å². The van der Waals surface area contributed by atoms with Crippen molar-refractivity contribution in [1.82, 2.24) is 0 Å². The number of nitrogens with zero attached hydrogens (tertiary/aromatic N) is 4. The van der Waals surface area contributed by atoms with Crippen molar-refractivity contribution < 1.29 is 87.9 Å². The van der Waals surface area contributed by atoms with Gasteiger partial charge in [-0.05, 0) is 24.3 Å². The van der Waals surface area contributed by atoms with E-state index in [1.807, 2.05) is 0 Å². The summed E-state index contributed by atoms with van der Waals surface area (Å²) < 4.78 is 0. The van der Waals surface area contributed by atoms with Gasteiger partial charge < -0.3 is 21.6 Å². The van der Waals surface area contributed by atoms with Crippen molar-refractivity contribution >= 4 is 24.3 Å². The molecule has 1 radical (unpaired) electrons. The van der Waals surface area contributed by atoms with Crippen LogP contribution in [-0.4, -0.2) is 24.3 Å². The van der Waals surface area contributed by atoms with Crippen molar-refractivity contribution in [2.45, 2.75) is 0 Å². The third-order valence-corrected chi connectivity index (χ3v) is 0. The number of hydrogen-bond acceptors (Lipinski definition) is 4. The van der Waals surface area contributed by atoms with Crippen LogP contribution < -0.4 is 51.4 Å². The molecule has 0 amide bonds. The van der Waals surface area contributed by atoms with Crippen LogP contribution in [0, 0.1) is 0 Å². The third kappa shape index (κ3) is 13800. The normalized spacial score (nSPS) is 2.29. The molecule has 0 fully saturated rings. The van der Waals surface area contributed by atoms with Gasteiger partial charge in [0.2, 0.25) is 0 Å². The van der Waals surface area contributed by atoms with Gasteiger partial charge in [0.15, 0.2) is 0 Å². The topological polar surface area (TPSA) is 157 Å². The molecule has 0 saturated carbocycles. The van der Waals surface area contributed by atoms with Crippen LogP contribution in [0.1, 0.15) is 0 Å². The molecule has 10 heteroatoms.